The number of carbonyl (C=O) groups is 3. The smallest absolute Gasteiger partial charge is 0.271 e. The number of nitrogens with two attached hydrogens (primary N) is 1. The zero-order valence-corrected chi connectivity index (χ0v) is 15.9. The number of amides is 3. The monoisotopic (exact) mass is 416 g/mol. The number of nitrogens with zero attached hydrogens (tertiary/aromatic N) is 1. The number of fused-ring (bicyclic) bond motifs is 1. The number of carbonyl (C=O) groups excluding carboxylic acids is 3. The van der Waals surface area contributed by atoms with E-state index in [0.717, 1.165) is 12.1 Å². The van der Waals surface area contributed by atoms with E-state index in [-0.39, 0.29) is 19.0 Å². The summed E-state index contributed by atoms with van der Waals surface area (Å²) in [4.78, 5) is 38.2. The lowest BCUT2D eigenvalue weighted by Crippen LogP contribution is -2.51. The second kappa shape index (κ2) is 8.37. The van der Waals surface area contributed by atoms with Crippen LogP contribution in [0.3, 0.4) is 0 Å². The lowest BCUT2D eigenvalue weighted by Gasteiger charge is -2.24. The van der Waals surface area contributed by atoms with E-state index in [2.05, 4.69) is 5.32 Å². The van der Waals surface area contributed by atoms with Crippen LogP contribution in [0.4, 0.5) is 8.78 Å². The molecule has 2 aromatic rings. The molecule has 1 atom stereocenters. The number of imide groups is 1. The highest BCUT2D eigenvalue weighted by Gasteiger charge is 2.46. The molecule has 30 heavy (non-hydrogen) atoms. The Morgan fingerprint density at radius 1 is 1.10 bits per heavy atom. The normalized spacial score (nSPS) is 13.9. The van der Waals surface area contributed by atoms with Gasteiger partial charge >= 0.3 is 0 Å². The molecule has 0 aromatic heterocycles. The minimum atomic E-state index is -1.70. The number of rotatable bonds is 7. The third kappa shape index (κ3) is 3.77. The topological polar surface area (TPSA) is 126 Å². The first-order valence-corrected chi connectivity index (χ1v) is 8.94. The second-order valence-electron chi connectivity index (χ2n) is 6.40. The van der Waals surface area contributed by atoms with Gasteiger partial charge in [0.15, 0.2) is 0 Å². The summed E-state index contributed by atoms with van der Waals surface area (Å²) in [5.74, 6) is -5.35. The highest BCUT2D eigenvalue weighted by atomic mass is 19.1. The van der Waals surface area contributed by atoms with Crippen molar-refractivity contribution in [3.8, 4) is 0 Å². The molecule has 1 aliphatic heterocycles. The van der Waals surface area contributed by atoms with Gasteiger partial charge in [0.2, 0.25) is 6.23 Å². The van der Waals surface area contributed by atoms with Crippen LogP contribution in [0.1, 0.15) is 38.8 Å². The van der Waals surface area contributed by atoms with Gasteiger partial charge in [0.1, 0.15) is 17.5 Å². The van der Waals surface area contributed by atoms with Crippen LogP contribution in [-0.4, -0.2) is 41.3 Å². The zero-order valence-electron chi connectivity index (χ0n) is 15.9. The third-order valence-corrected chi connectivity index (χ3v) is 4.48. The van der Waals surface area contributed by atoms with Gasteiger partial charge in [-0.15, -0.1) is 0 Å². The van der Waals surface area contributed by atoms with Crippen LogP contribution in [0.15, 0.2) is 36.4 Å². The van der Waals surface area contributed by atoms with Crippen molar-refractivity contribution in [2.45, 2.75) is 19.7 Å². The number of halogens is 2. The molecule has 3 amide bonds. The van der Waals surface area contributed by atoms with Crippen molar-refractivity contribution in [3.63, 3.8) is 0 Å². The number of nitrogen functional groups attached to an aromatic ring is 1. The van der Waals surface area contributed by atoms with Crippen LogP contribution < -0.4 is 11.1 Å². The standard InChI is InChI=1S/C20H18F2N4O4/c1-2-30-20(17(27)25-9-10-3-5-11(6-4-10)16(23)24)26-18(28)14-12(21)7-8-13(22)15(14)19(26)29/h3-8,20H,2,9H2,1H3,(H3,23,24)(H,25,27)/t20-/m0/s1. The van der Waals surface area contributed by atoms with Crippen LogP contribution in [0.25, 0.3) is 0 Å². The number of benzene rings is 2. The van der Waals surface area contributed by atoms with E-state index in [4.69, 9.17) is 15.9 Å². The molecule has 0 fully saturated rings. The Kier molecular flexibility index (Phi) is 5.88. The van der Waals surface area contributed by atoms with E-state index < -0.39 is 46.7 Å². The Bertz CT molecular complexity index is 999. The molecule has 0 saturated carbocycles. The maximum Gasteiger partial charge on any atom is 0.271 e. The van der Waals surface area contributed by atoms with Crippen molar-refractivity contribution < 1.29 is 27.9 Å². The van der Waals surface area contributed by atoms with E-state index in [0.29, 0.717) is 16.0 Å². The van der Waals surface area contributed by atoms with Gasteiger partial charge in [0.25, 0.3) is 17.7 Å². The maximum absolute atomic E-state index is 14.0. The van der Waals surface area contributed by atoms with Gasteiger partial charge in [-0.1, -0.05) is 24.3 Å². The third-order valence-electron chi connectivity index (χ3n) is 4.48. The summed E-state index contributed by atoms with van der Waals surface area (Å²) in [5.41, 5.74) is 5.10. The van der Waals surface area contributed by atoms with Crippen LogP contribution in [0.2, 0.25) is 0 Å². The molecule has 1 heterocycles. The highest BCUT2D eigenvalue weighted by Crippen LogP contribution is 2.29. The van der Waals surface area contributed by atoms with E-state index in [1.807, 2.05) is 0 Å². The van der Waals surface area contributed by atoms with Crippen LogP contribution in [0, 0.1) is 17.0 Å². The van der Waals surface area contributed by atoms with Gasteiger partial charge in [0.05, 0.1) is 11.1 Å². The molecule has 10 heteroatoms. The molecular weight excluding hydrogens is 398 g/mol. The molecule has 1 aliphatic rings. The molecule has 0 spiro atoms. The van der Waals surface area contributed by atoms with Crippen molar-refractivity contribution >= 4 is 23.6 Å². The molecule has 0 bridgehead atoms. The van der Waals surface area contributed by atoms with Crippen LogP contribution in [0.5, 0.6) is 0 Å². The predicted molar refractivity (Wildman–Crippen MR) is 102 cm³/mol. The van der Waals surface area contributed by atoms with Gasteiger partial charge in [-0.05, 0) is 24.6 Å². The zero-order chi connectivity index (χ0) is 22.0. The van der Waals surface area contributed by atoms with Gasteiger partial charge in [0, 0.05) is 18.7 Å². The number of hydrogen-bond donors (Lipinski definition) is 3. The average molecular weight is 416 g/mol. The lowest BCUT2D eigenvalue weighted by atomic mass is 10.1. The number of hydrogen-bond acceptors (Lipinski definition) is 5. The van der Waals surface area contributed by atoms with E-state index in [1.54, 1.807) is 31.2 Å². The highest BCUT2D eigenvalue weighted by molar-refractivity contribution is 6.23. The van der Waals surface area contributed by atoms with Gasteiger partial charge in [-0.2, -0.15) is 0 Å². The minimum Gasteiger partial charge on any atom is -0.384 e. The van der Waals surface area contributed by atoms with Crippen molar-refractivity contribution in [3.05, 3.63) is 70.3 Å². The fraction of sp³-hybridized carbons (Fsp3) is 0.200. The Hall–Kier alpha value is -3.66. The minimum absolute atomic E-state index is 0.0203. The SMILES string of the molecule is CCO[C@@H](C(=O)NCc1ccc(C(=N)N)cc1)N1C(=O)c2c(F)ccc(F)c2C1=O. The summed E-state index contributed by atoms with van der Waals surface area (Å²) in [6.45, 7) is 1.52. The predicted octanol–water partition coefficient (Wildman–Crippen LogP) is 1.52. The summed E-state index contributed by atoms with van der Waals surface area (Å²) in [6, 6.07) is 7.95. The Balaban J connectivity index is 1.80. The van der Waals surface area contributed by atoms with Gasteiger partial charge in [-0.3, -0.25) is 19.8 Å². The summed E-state index contributed by atoms with van der Waals surface area (Å²) in [7, 11) is 0. The Labute approximate surface area is 170 Å². The molecule has 0 saturated heterocycles. The first-order valence-electron chi connectivity index (χ1n) is 8.94. The van der Waals surface area contributed by atoms with E-state index in [9.17, 15) is 23.2 Å². The number of amidine groups is 1. The molecule has 156 valence electrons. The van der Waals surface area contributed by atoms with Crippen molar-refractivity contribution in [1.29, 1.82) is 5.41 Å². The first-order chi connectivity index (χ1) is 14.3. The van der Waals surface area contributed by atoms with Crippen molar-refractivity contribution in [2.75, 3.05) is 6.61 Å². The molecule has 4 N–H and O–H groups in total. The summed E-state index contributed by atoms with van der Waals surface area (Å²) in [5, 5.41) is 9.89. The fourth-order valence-electron chi connectivity index (χ4n) is 3.02. The second-order valence-corrected chi connectivity index (χ2v) is 6.40. The van der Waals surface area contributed by atoms with Crippen molar-refractivity contribution in [2.24, 2.45) is 5.73 Å². The maximum atomic E-state index is 14.0. The van der Waals surface area contributed by atoms with Crippen LogP contribution in [-0.2, 0) is 16.1 Å². The van der Waals surface area contributed by atoms with Crippen LogP contribution >= 0.6 is 0 Å². The quantitative estimate of drug-likeness (QED) is 0.359. The molecule has 2 aromatic carbocycles. The van der Waals surface area contributed by atoms with E-state index in [1.165, 1.54) is 0 Å². The largest absolute Gasteiger partial charge is 0.384 e. The average Bonchev–Trinajstić information content (AvgIpc) is 2.99. The van der Waals surface area contributed by atoms with Gasteiger partial charge < -0.3 is 15.8 Å². The van der Waals surface area contributed by atoms with Gasteiger partial charge in [-0.25, -0.2) is 13.7 Å². The summed E-state index contributed by atoms with van der Waals surface area (Å²) < 4.78 is 33.4. The molecular formula is C20H18F2N4O4. The summed E-state index contributed by atoms with van der Waals surface area (Å²) in [6.07, 6.45) is -1.70. The Morgan fingerprint density at radius 3 is 2.10 bits per heavy atom. The molecule has 3 rings (SSSR count). The number of ether oxygens (including phenoxy) is 1. The lowest BCUT2D eigenvalue weighted by molar-refractivity contribution is -0.140. The molecule has 8 nitrogen and oxygen atoms in total. The van der Waals surface area contributed by atoms with E-state index >= 15 is 0 Å². The molecule has 0 radical (unpaired) electrons. The van der Waals surface area contributed by atoms with Crippen molar-refractivity contribution in [1.82, 2.24) is 10.2 Å². The fourth-order valence-corrected chi connectivity index (χ4v) is 3.02. The molecule has 0 unspecified atom stereocenters. The first kappa shape index (κ1) is 21.1. The summed E-state index contributed by atoms with van der Waals surface area (Å²) >= 11 is 0. The number of nitrogens with one attached hydrogen (secondary N) is 2. The Morgan fingerprint density at radius 2 is 1.63 bits per heavy atom. The molecule has 0 aliphatic carbocycles.